The Hall–Kier alpha value is -0.870. The number of Topliss-reactive ketones (excluding diaryl/α,β-unsaturated/α-hetero) is 1. The summed E-state index contributed by atoms with van der Waals surface area (Å²) in [5.74, 6) is 0.717. The number of hydrogen-bond donors (Lipinski definition) is 0. The number of benzene rings is 1. The molecular formula is C12H8Br2O2. The fourth-order valence-electron chi connectivity index (χ4n) is 1.38. The molecule has 0 aliphatic rings. The average Bonchev–Trinajstić information content (AvgIpc) is 2.70. The Kier molecular flexibility index (Phi) is 3.61. The zero-order chi connectivity index (χ0) is 11.5. The maximum Gasteiger partial charge on any atom is 0.171 e. The largest absolute Gasteiger partial charge is 0.469 e. The molecule has 4 heteroatoms. The molecule has 1 aromatic carbocycles. The molecule has 0 bridgehead atoms. The average molecular weight is 344 g/mol. The smallest absolute Gasteiger partial charge is 0.171 e. The molecule has 0 radical (unpaired) electrons. The van der Waals surface area contributed by atoms with Crippen LogP contribution in [0.3, 0.4) is 0 Å². The lowest BCUT2D eigenvalue weighted by atomic mass is 10.1. The number of carbonyl (C=O) groups excluding carboxylic acids is 1. The second-order valence-electron chi connectivity index (χ2n) is 3.30. The van der Waals surface area contributed by atoms with E-state index >= 15 is 0 Å². The number of carbonyl (C=O) groups is 1. The fourth-order valence-corrected chi connectivity index (χ4v) is 2.65. The van der Waals surface area contributed by atoms with Crippen LogP contribution >= 0.6 is 31.9 Å². The number of furan rings is 1. The zero-order valence-corrected chi connectivity index (χ0v) is 11.4. The van der Waals surface area contributed by atoms with Crippen LogP contribution in [-0.2, 0) is 6.42 Å². The summed E-state index contributed by atoms with van der Waals surface area (Å²) in [4.78, 5) is 11.9. The van der Waals surface area contributed by atoms with Crippen molar-refractivity contribution in [1.29, 1.82) is 0 Å². The molecule has 0 fully saturated rings. The van der Waals surface area contributed by atoms with Gasteiger partial charge in [0, 0.05) is 14.5 Å². The molecule has 0 spiro atoms. The van der Waals surface area contributed by atoms with E-state index < -0.39 is 0 Å². The summed E-state index contributed by atoms with van der Waals surface area (Å²) in [6.07, 6.45) is 1.85. The monoisotopic (exact) mass is 342 g/mol. The molecule has 0 atom stereocenters. The lowest BCUT2D eigenvalue weighted by molar-refractivity contribution is 0.0986. The Bertz CT molecular complexity index is 504. The topological polar surface area (TPSA) is 30.2 Å². The maximum atomic E-state index is 11.9. The molecule has 1 heterocycles. The summed E-state index contributed by atoms with van der Waals surface area (Å²) in [6.45, 7) is 0. The third kappa shape index (κ3) is 2.62. The molecule has 0 aliphatic carbocycles. The second kappa shape index (κ2) is 4.97. The minimum Gasteiger partial charge on any atom is -0.469 e. The minimum absolute atomic E-state index is 0.0364. The molecule has 0 unspecified atom stereocenters. The summed E-state index contributed by atoms with van der Waals surface area (Å²) < 4.78 is 6.87. The van der Waals surface area contributed by atoms with Gasteiger partial charge in [0.25, 0.3) is 0 Å². The molecule has 0 aliphatic heterocycles. The van der Waals surface area contributed by atoms with Crippen molar-refractivity contribution >= 4 is 37.6 Å². The van der Waals surface area contributed by atoms with Crippen molar-refractivity contribution < 1.29 is 9.21 Å². The van der Waals surface area contributed by atoms with Crippen LogP contribution in [0.5, 0.6) is 0 Å². The van der Waals surface area contributed by atoms with Gasteiger partial charge in [-0.05, 0) is 30.3 Å². The predicted octanol–water partition coefficient (Wildman–Crippen LogP) is 4.23. The first-order valence-corrected chi connectivity index (χ1v) is 6.26. The number of hydrogen-bond acceptors (Lipinski definition) is 2. The molecule has 0 N–H and O–H groups in total. The standard InChI is InChI=1S/C12H8Br2O2/c13-8-3-4-10(11(14)6-8)12(15)7-9-2-1-5-16-9/h1-6H,7H2. The summed E-state index contributed by atoms with van der Waals surface area (Å²) in [5.41, 5.74) is 0.666. The summed E-state index contributed by atoms with van der Waals surface area (Å²) in [5, 5.41) is 0. The van der Waals surface area contributed by atoms with E-state index in [1.807, 2.05) is 12.1 Å². The van der Waals surface area contributed by atoms with Crippen molar-refractivity contribution in [3.05, 3.63) is 56.9 Å². The Labute approximate surface area is 110 Å². The first kappa shape index (κ1) is 11.6. The van der Waals surface area contributed by atoms with Crippen LogP contribution < -0.4 is 0 Å². The Morgan fingerprint density at radius 2 is 2.06 bits per heavy atom. The van der Waals surface area contributed by atoms with Crippen molar-refractivity contribution in [3.63, 3.8) is 0 Å². The number of halogens is 2. The van der Waals surface area contributed by atoms with E-state index in [0.29, 0.717) is 11.3 Å². The summed E-state index contributed by atoms with van der Waals surface area (Å²) in [6, 6.07) is 9.07. The van der Waals surface area contributed by atoms with Crippen LogP contribution in [0.25, 0.3) is 0 Å². The van der Waals surface area contributed by atoms with Gasteiger partial charge in [0.15, 0.2) is 5.78 Å². The van der Waals surface area contributed by atoms with Gasteiger partial charge in [-0.2, -0.15) is 0 Å². The lowest BCUT2D eigenvalue weighted by Crippen LogP contribution is -2.03. The molecule has 0 saturated carbocycles. The van der Waals surface area contributed by atoms with Gasteiger partial charge < -0.3 is 4.42 Å². The van der Waals surface area contributed by atoms with Gasteiger partial charge >= 0.3 is 0 Å². The SMILES string of the molecule is O=C(Cc1ccco1)c1ccc(Br)cc1Br. The quantitative estimate of drug-likeness (QED) is 0.780. The third-order valence-corrected chi connectivity index (χ3v) is 3.30. The second-order valence-corrected chi connectivity index (χ2v) is 5.07. The number of rotatable bonds is 3. The van der Waals surface area contributed by atoms with E-state index in [0.717, 1.165) is 8.95 Å². The van der Waals surface area contributed by atoms with Crippen molar-refractivity contribution in [1.82, 2.24) is 0 Å². The summed E-state index contributed by atoms with van der Waals surface area (Å²) in [7, 11) is 0. The fraction of sp³-hybridized carbons (Fsp3) is 0.0833. The van der Waals surface area contributed by atoms with E-state index in [4.69, 9.17) is 4.42 Å². The van der Waals surface area contributed by atoms with Gasteiger partial charge in [-0.15, -0.1) is 0 Å². The normalized spacial score (nSPS) is 10.4. The van der Waals surface area contributed by atoms with Crippen LogP contribution in [-0.4, -0.2) is 5.78 Å². The van der Waals surface area contributed by atoms with E-state index in [-0.39, 0.29) is 12.2 Å². The van der Waals surface area contributed by atoms with Gasteiger partial charge in [-0.3, -0.25) is 4.79 Å². The van der Waals surface area contributed by atoms with Crippen LogP contribution in [0, 0.1) is 0 Å². The predicted molar refractivity (Wildman–Crippen MR) is 68.6 cm³/mol. The van der Waals surface area contributed by atoms with Crippen LogP contribution in [0.1, 0.15) is 16.1 Å². The summed E-state index contributed by atoms with van der Waals surface area (Å²) >= 11 is 6.72. The van der Waals surface area contributed by atoms with Crippen molar-refractivity contribution in [2.75, 3.05) is 0 Å². The van der Waals surface area contributed by atoms with Crippen molar-refractivity contribution in [2.24, 2.45) is 0 Å². The van der Waals surface area contributed by atoms with Crippen LogP contribution in [0.4, 0.5) is 0 Å². The highest BCUT2D eigenvalue weighted by molar-refractivity contribution is 9.11. The van der Waals surface area contributed by atoms with Gasteiger partial charge in [-0.25, -0.2) is 0 Å². The first-order chi connectivity index (χ1) is 7.66. The molecule has 2 aromatic rings. The zero-order valence-electron chi connectivity index (χ0n) is 8.24. The highest BCUT2D eigenvalue weighted by Crippen LogP contribution is 2.23. The Morgan fingerprint density at radius 1 is 1.25 bits per heavy atom. The van der Waals surface area contributed by atoms with Gasteiger partial charge in [0.2, 0.25) is 0 Å². The van der Waals surface area contributed by atoms with E-state index in [9.17, 15) is 4.79 Å². The van der Waals surface area contributed by atoms with Gasteiger partial charge in [0.1, 0.15) is 5.76 Å². The lowest BCUT2D eigenvalue weighted by Gasteiger charge is -2.02. The Morgan fingerprint density at radius 3 is 2.69 bits per heavy atom. The molecule has 2 rings (SSSR count). The van der Waals surface area contributed by atoms with Crippen LogP contribution in [0.15, 0.2) is 50.0 Å². The van der Waals surface area contributed by atoms with E-state index in [2.05, 4.69) is 31.9 Å². The molecule has 16 heavy (non-hydrogen) atoms. The highest BCUT2D eigenvalue weighted by Gasteiger charge is 2.12. The van der Waals surface area contributed by atoms with Crippen LogP contribution in [0.2, 0.25) is 0 Å². The third-order valence-electron chi connectivity index (χ3n) is 2.15. The Balaban J connectivity index is 2.21. The minimum atomic E-state index is 0.0364. The first-order valence-electron chi connectivity index (χ1n) is 4.67. The molecular weight excluding hydrogens is 336 g/mol. The molecule has 0 saturated heterocycles. The van der Waals surface area contributed by atoms with Gasteiger partial charge in [-0.1, -0.05) is 31.9 Å². The van der Waals surface area contributed by atoms with Gasteiger partial charge in [0.05, 0.1) is 12.7 Å². The number of ketones is 1. The van der Waals surface area contributed by atoms with E-state index in [1.165, 1.54) is 0 Å². The molecule has 2 nitrogen and oxygen atoms in total. The molecule has 0 amide bonds. The van der Waals surface area contributed by atoms with E-state index in [1.54, 1.807) is 24.5 Å². The molecule has 1 aromatic heterocycles. The highest BCUT2D eigenvalue weighted by atomic mass is 79.9. The van der Waals surface area contributed by atoms with Crippen molar-refractivity contribution in [2.45, 2.75) is 6.42 Å². The maximum absolute atomic E-state index is 11.9. The molecule has 82 valence electrons. The van der Waals surface area contributed by atoms with Crippen molar-refractivity contribution in [3.8, 4) is 0 Å².